The van der Waals surface area contributed by atoms with Crippen molar-refractivity contribution in [2.75, 3.05) is 19.7 Å². The number of imidazole rings is 1. The molecule has 110 valence electrons. The number of aromatic amines is 1. The van der Waals surface area contributed by atoms with Gasteiger partial charge in [-0.2, -0.15) is 4.98 Å². The van der Waals surface area contributed by atoms with Crippen LogP contribution in [0.25, 0.3) is 11.2 Å². The van der Waals surface area contributed by atoms with E-state index in [0.717, 1.165) is 30.1 Å². The van der Waals surface area contributed by atoms with Crippen LogP contribution >= 0.6 is 12.4 Å². The first-order valence-corrected chi connectivity index (χ1v) is 7.06. The topological polar surface area (TPSA) is 62.8 Å². The lowest BCUT2D eigenvalue weighted by molar-refractivity contribution is 0.261. The fourth-order valence-corrected chi connectivity index (χ4v) is 2.60. The van der Waals surface area contributed by atoms with Gasteiger partial charge in [0.1, 0.15) is 0 Å². The largest absolute Gasteiger partial charge is 0.465 e. The first-order valence-electron chi connectivity index (χ1n) is 7.06. The highest BCUT2D eigenvalue weighted by Gasteiger charge is 2.12. The minimum Gasteiger partial charge on any atom is -0.465 e. The van der Waals surface area contributed by atoms with Crippen molar-refractivity contribution in [3.63, 3.8) is 0 Å². The number of halogens is 1. The molecule has 2 N–H and O–H groups in total. The van der Waals surface area contributed by atoms with Gasteiger partial charge in [0.25, 0.3) is 6.01 Å². The summed E-state index contributed by atoms with van der Waals surface area (Å²) in [6, 6.07) is 4.43. The highest BCUT2D eigenvalue weighted by molar-refractivity contribution is 5.85. The van der Waals surface area contributed by atoms with E-state index in [2.05, 4.69) is 20.3 Å². The maximum absolute atomic E-state index is 5.66. The number of hydrogen-bond donors (Lipinski definition) is 2. The summed E-state index contributed by atoms with van der Waals surface area (Å²) in [6.07, 6.45) is 6.68. The van der Waals surface area contributed by atoms with Gasteiger partial charge in [-0.25, -0.2) is 4.98 Å². The third-order valence-electron chi connectivity index (χ3n) is 3.69. The van der Waals surface area contributed by atoms with Crippen LogP contribution in [0.3, 0.4) is 0 Å². The molecule has 1 aliphatic rings. The molecular weight excluding hydrogens is 276 g/mol. The van der Waals surface area contributed by atoms with E-state index < -0.39 is 0 Å². The smallest absolute Gasteiger partial charge is 0.296 e. The second kappa shape index (κ2) is 7.45. The minimum absolute atomic E-state index is 0. The first kappa shape index (κ1) is 15.1. The zero-order chi connectivity index (χ0) is 12.9. The Hall–Kier alpha value is -1.33. The Labute approximate surface area is 124 Å². The second-order valence-electron chi connectivity index (χ2n) is 5.10. The van der Waals surface area contributed by atoms with Gasteiger partial charge in [-0.3, -0.25) is 0 Å². The summed E-state index contributed by atoms with van der Waals surface area (Å²) in [6.45, 7) is 3.06. The lowest BCUT2D eigenvalue weighted by atomic mass is 9.93. The molecule has 0 radical (unpaired) electrons. The van der Waals surface area contributed by atoms with Crippen molar-refractivity contribution in [1.29, 1.82) is 0 Å². The number of aromatic nitrogens is 3. The number of H-pyrrole nitrogens is 1. The number of nitrogens with zero attached hydrogens (tertiary/aromatic N) is 2. The summed E-state index contributed by atoms with van der Waals surface area (Å²) in [7, 11) is 0. The minimum atomic E-state index is 0. The van der Waals surface area contributed by atoms with E-state index in [4.69, 9.17) is 4.74 Å². The molecule has 0 saturated carbocycles. The van der Waals surface area contributed by atoms with Crippen LogP contribution < -0.4 is 10.1 Å². The lowest BCUT2D eigenvalue weighted by Gasteiger charge is -2.22. The number of piperidine rings is 1. The molecule has 5 nitrogen and oxygen atoms in total. The summed E-state index contributed by atoms with van der Waals surface area (Å²) < 4.78 is 5.66. The van der Waals surface area contributed by atoms with Crippen LogP contribution in [-0.2, 0) is 0 Å². The predicted molar refractivity (Wildman–Crippen MR) is 81.5 cm³/mol. The number of ether oxygens (including phenoxy) is 1. The molecule has 0 spiro atoms. The molecule has 3 heterocycles. The van der Waals surface area contributed by atoms with E-state index in [1.165, 1.54) is 32.4 Å². The Bertz CT molecular complexity index is 492. The number of pyridine rings is 1. The van der Waals surface area contributed by atoms with E-state index >= 15 is 0 Å². The summed E-state index contributed by atoms with van der Waals surface area (Å²) in [5, 5.41) is 3.39. The van der Waals surface area contributed by atoms with E-state index in [-0.39, 0.29) is 12.4 Å². The summed E-state index contributed by atoms with van der Waals surface area (Å²) in [4.78, 5) is 11.6. The van der Waals surface area contributed by atoms with E-state index in [1.807, 2.05) is 12.1 Å². The fourth-order valence-electron chi connectivity index (χ4n) is 2.60. The Balaban J connectivity index is 0.00000147. The summed E-state index contributed by atoms with van der Waals surface area (Å²) in [5.41, 5.74) is 1.65. The second-order valence-corrected chi connectivity index (χ2v) is 5.10. The SMILES string of the molecule is Cl.c1cnc2nc(OCCCC3CCNCC3)[nH]c2c1. The van der Waals surface area contributed by atoms with Crippen molar-refractivity contribution in [3.05, 3.63) is 18.3 Å². The molecule has 6 heteroatoms. The Morgan fingerprint density at radius 3 is 2.95 bits per heavy atom. The summed E-state index contributed by atoms with van der Waals surface area (Å²) >= 11 is 0. The number of fused-ring (bicyclic) bond motifs is 1. The molecule has 2 aromatic rings. The molecule has 20 heavy (non-hydrogen) atoms. The molecule has 0 aliphatic carbocycles. The quantitative estimate of drug-likeness (QED) is 0.832. The molecule has 2 aromatic heterocycles. The number of nitrogens with one attached hydrogen (secondary N) is 2. The third kappa shape index (κ3) is 3.84. The number of hydrogen-bond acceptors (Lipinski definition) is 4. The van der Waals surface area contributed by atoms with E-state index in [1.54, 1.807) is 6.20 Å². The zero-order valence-electron chi connectivity index (χ0n) is 11.5. The van der Waals surface area contributed by atoms with Crippen LogP contribution in [0.15, 0.2) is 18.3 Å². The fraction of sp³-hybridized carbons (Fsp3) is 0.571. The van der Waals surface area contributed by atoms with Crippen molar-refractivity contribution in [2.24, 2.45) is 5.92 Å². The molecule has 3 rings (SSSR count). The Morgan fingerprint density at radius 2 is 2.15 bits per heavy atom. The van der Waals surface area contributed by atoms with Gasteiger partial charge in [-0.05, 0) is 56.8 Å². The first-order chi connectivity index (χ1) is 9.42. The van der Waals surface area contributed by atoms with Gasteiger partial charge in [-0.15, -0.1) is 12.4 Å². The van der Waals surface area contributed by atoms with Gasteiger partial charge >= 0.3 is 0 Å². The average molecular weight is 297 g/mol. The van der Waals surface area contributed by atoms with Gasteiger partial charge in [0.05, 0.1) is 12.1 Å². The molecule has 0 amide bonds. The van der Waals surface area contributed by atoms with Crippen molar-refractivity contribution < 1.29 is 4.74 Å². The van der Waals surface area contributed by atoms with E-state index in [9.17, 15) is 0 Å². The third-order valence-corrected chi connectivity index (χ3v) is 3.69. The molecule has 1 aliphatic heterocycles. The van der Waals surface area contributed by atoms with Crippen LogP contribution in [0.1, 0.15) is 25.7 Å². The summed E-state index contributed by atoms with van der Waals surface area (Å²) in [5.74, 6) is 0.863. The Kier molecular flexibility index (Phi) is 5.61. The lowest BCUT2D eigenvalue weighted by Crippen LogP contribution is -2.27. The molecule has 0 atom stereocenters. The Morgan fingerprint density at radius 1 is 1.30 bits per heavy atom. The predicted octanol–water partition coefficient (Wildman–Crippen LogP) is 2.54. The molecule has 0 unspecified atom stereocenters. The van der Waals surface area contributed by atoms with E-state index in [0.29, 0.717) is 6.01 Å². The molecule has 1 fully saturated rings. The molecular formula is C14H21ClN4O. The highest BCUT2D eigenvalue weighted by atomic mass is 35.5. The average Bonchev–Trinajstić information content (AvgIpc) is 2.87. The van der Waals surface area contributed by atoms with Crippen LogP contribution in [0.2, 0.25) is 0 Å². The highest BCUT2D eigenvalue weighted by Crippen LogP contribution is 2.18. The van der Waals surface area contributed by atoms with Gasteiger partial charge in [0, 0.05) is 6.20 Å². The standard InChI is InChI=1S/C14H20N4O.ClH/c1-4-12-13(16-7-1)18-14(17-12)19-10-2-3-11-5-8-15-9-6-11;/h1,4,7,11,15H,2-3,5-6,8-10H2,(H,16,17,18);1H. The van der Waals surface area contributed by atoms with Crippen molar-refractivity contribution in [2.45, 2.75) is 25.7 Å². The van der Waals surface area contributed by atoms with Crippen LogP contribution in [0.5, 0.6) is 6.01 Å². The molecule has 0 aromatic carbocycles. The van der Waals surface area contributed by atoms with Crippen molar-refractivity contribution in [1.82, 2.24) is 20.3 Å². The normalized spacial score (nSPS) is 16.0. The van der Waals surface area contributed by atoms with Crippen LogP contribution in [0, 0.1) is 5.92 Å². The van der Waals surface area contributed by atoms with Crippen molar-refractivity contribution >= 4 is 23.6 Å². The zero-order valence-corrected chi connectivity index (χ0v) is 12.3. The van der Waals surface area contributed by atoms with Gasteiger partial charge < -0.3 is 15.0 Å². The number of rotatable bonds is 5. The monoisotopic (exact) mass is 296 g/mol. The maximum atomic E-state index is 5.66. The van der Waals surface area contributed by atoms with Crippen LogP contribution in [0.4, 0.5) is 0 Å². The van der Waals surface area contributed by atoms with Gasteiger partial charge in [0.15, 0.2) is 5.65 Å². The van der Waals surface area contributed by atoms with Crippen molar-refractivity contribution in [3.8, 4) is 6.01 Å². The maximum Gasteiger partial charge on any atom is 0.296 e. The molecule has 0 bridgehead atoms. The van der Waals surface area contributed by atoms with Crippen LogP contribution in [-0.4, -0.2) is 34.6 Å². The van der Waals surface area contributed by atoms with Gasteiger partial charge in [-0.1, -0.05) is 0 Å². The molecule has 1 saturated heterocycles. The van der Waals surface area contributed by atoms with Gasteiger partial charge in [0.2, 0.25) is 0 Å².